The smallest absolute Gasteiger partial charge is 0.271 e. The second-order valence-corrected chi connectivity index (χ2v) is 11.0. The molecule has 1 aromatic heterocycles. The standard InChI is InChI=1S/C26H27F3N2O3S/c1-25(2,3)18-34-35(32,33)23-7-5-6-20(16-23)8-12-21-17-30-31(4)24(21)15-11-19-9-13-22(14-10-19)26(27,28)29/h5-7,9-10,13-14,16-17H,11,15,18H2,1-4H3. The van der Waals surface area contributed by atoms with Gasteiger partial charge in [-0.15, -0.1) is 0 Å². The van der Waals surface area contributed by atoms with Crippen LogP contribution in [0.5, 0.6) is 0 Å². The Balaban J connectivity index is 1.75. The zero-order chi connectivity index (χ0) is 25.9. The lowest BCUT2D eigenvalue weighted by Gasteiger charge is -2.17. The highest BCUT2D eigenvalue weighted by molar-refractivity contribution is 7.86. The topological polar surface area (TPSA) is 61.2 Å². The molecule has 0 aliphatic heterocycles. The number of aromatic nitrogens is 2. The Bertz CT molecular complexity index is 1340. The Morgan fingerprint density at radius 1 is 1.00 bits per heavy atom. The summed E-state index contributed by atoms with van der Waals surface area (Å²) in [4.78, 5) is 0.0299. The predicted molar refractivity (Wildman–Crippen MR) is 127 cm³/mol. The Kier molecular flexibility index (Phi) is 7.77. The minimum Gasteiger partial charge on any atom is -0.271 e. The molecule has 3 aromatic rings. The molecule has 186 valence electrons. The summed E-state index contributed by atoms with van der Waals surface area (Å²) in [5.41, 5.74) is 1.78. The van der Waals surface area contributed by atoms with E-state index in [1.807, 2.05) is 20.8 Å². The van der Waals surface area contributed by atoms with Crippen LogP contribution in [-0.4, -0.2) is 24.8 Å². The second-order valence-electron chi connectivity index (χ2n) is 9.38. The summed E-state index contributed by atoms with van der Waals surface area (Å²) in [7, 11) is -2.14. The molecule has 0 aliphatic rings. The summed E-state index contributed by atoms with van der Waals surface area (Å²) >= 11 is 0. The van der Waals surface area contributed by atoms with Crippen molar-refractivity contribution in [3.8, 4) is 11.8 Å². The van der Waals surface area contributed by atoms with Crippen molar-refractivity contribution >= 4 is 10.1 Å². The van der Waals surface area contributed by atoms with E-state index in [1.165, 1.54) is 24.3 Å². The molecule has 0 aliphatic carbocycles. The molecular weight excluding hydrogens is 477 g/mol. The number of alkyl halides is 3. The molecule has 2 aromatic carbocycles. The lowest BCUT2D eigenvalue weighted by Crippen LogP contribution is -2.18. The summed E-state index contributed by atoms with van der Waals surface area (Å²) in [6.07, 6.45) is -1.70. The van der Waals surface area contributed by atoms with E-state index >= 15 is 0 Å². The highest BCUT2D eigenvalue weighted by Crippen LogP contribution is 2.29. The minimum absolute atomic E-state index is 0.0299. The summed E-state index contributed by atoms with van der Waals surface area (Å²) in [6, 6.07) is 11.3. The quantitative estimate of drug-likeness (QED) is 0.334. The normalized spacial score (nSPS) is 12.3. The summed E-state index contributed by atoms with van der Waals surface area (Å²) in [6.45, 7) is 5.71. The minimum atomic E-state index is -4.36. The van der Waals surface area contributed by atoms with E-state index in [0.717, 1.165) is 23.4 Å². The number of rotatable bonds is 6. The molecule has 9 heteroatoms. The lowest BCUT2D eigenvalue weighted by atomic mass is 9.99. The third kappa shape index (κ3) is 7.44. The molecule has 0 fully saturated rings. The molecule has 0 radical (unpaired) electrons. The van der Waals surface area contributed by atoms with E-state index in [1.54, 1.807) is 30.1 Å². The fourth-order valence-corrected chi connectivity index (χ4v) is 4.34. The first-order valence-corrected chi connectivity index (χ1v) is 12.3. The van der Waals surface area contributed by atoms with Crippen LogP contribution in [0.15, 0.2) is 59.6 Å². The molecule has 0 unspecified atom stereocenters. The summed E-state index contributed by atoms with van der Waals surface area (Å²) in [5.74, 6) is 6.01. The molecular formula is C26H27F3N2O3S. The summed E-state index contributed by atoms with van der Waals surface area (Å²) < 4.78 is 70.2. The molecule has 0 amide bonds. The Morgan fingerprint density at radius 3 is 2.31 bits per heavy atom. The van der Waals surface area contributed by atoms with Crippen LogP contribution in [0.1, 0.15) is 48.7 Å². The van der Waals surface area contributed by atoms with Gasteiger partial charge in [0, 0.05) is 12.6 Å². The highest BCUT2D eigenvalue weighted by atomic mass is 32.2. The first kappa shape index (κ1) is 26.5. The highest BCUT2D eigenvalue weighted by Gasteiger charge is 2.29. The van der Waals surface area contributed by atoms with Gasteiger partial charge < -0.3 is 0 Å². The fraction of sp³-hybridized carbons (Fsp3) is 0.346. The maximum Gasteiger partial charge on any atom is 0.416 e. The monoisotopic (exact) mass is 504 g/mol. The van der Waals surface area contributed by atoms with Gasteiger partial charge >= 0.3 is 6.18 Å². The van der Waals surface area contributed by atoms with Crippen LogP contribution in [0.25, 0.3) is 0 Å². The first-order chi connectivity index (χ1) is 16.2. The van der Waals surface area contributed by atoms with Crippen LogP contribution in [0.2, 0.25) is 0 Å². The van der Waals surface area contributed by atoms with Crippen molar-refractivity contribution in [3.63, 3.8) is 0 Å². The van der Waals surface area contributed by atoms with E-state index in [9.17, 15) is 21.6 Å². The van der Waals surface area contributed by atoms with Gasteiger partial charge in [0.2, 0.25) is 0 Å². The Morgan fingerprint density at radius 2 is 1.69 bits per heavy atom. The number of aryl methyl sites for hydroxylation is 2. The van der Waals surface area contributed by atoms with Crippen molar-refractivity contribution in [1.29, 1.82) is 0 Å². The molecule has 0 bridgehead atoms. The molecule has 5 nitrogen and oxygen atoms in total. The fourth-order valence-electron chi connectivity index (χ4n) is 3.18. The van der Waals surface area contributed by atoms with Gasteiger partial charge in [0.1, 0.15) is 0 Å². The Hall–Kier alpha value is -3.09. The van der Waals surface area contributed by atoms with Crippen molar-refractivity contribution in [2.45, 2.75) is 44.7 Å². The van der Waals surface area contributed by atoms with Crippen LogP contribution in [0.4, 0.5) is 13.2 Å². The van der Waals surface area contributed by atoms with Gasteiger partial charge in [-0.3, -0.25) is 8.86 Å². The number of hydrogen-bond acceptors (Lipinski definition) is 4. The van der Waals surface area contributed by atoms with Crippen LogP contribution >= 0.6 is 0 Å². The third-order valence-corrected chi connectivity index (χ3v) is 6.36. The van der Waals surface area contributed by atoms with Crippen molar-refractivity contribution in [2.24, 2.45) is 12.5 Å². The van der Waals surface area contributed by atoms with Crippen LogP contribution < -0.4 is 0 Å². The molecule has 0 atom stereocenters. The van der Waals surface area contributed by atoms with Crippen molar-refractivity contribution in [3.05, 3.63) is 82.7 Å². The van der Waals surface area contributed by atoms with Gasteiger partial charge in [0.15, 0.2) is 0 Å². The molecule has 3 rings (SSSR count). The molecule has 0 saturated carbocycles. The maximum absolute atomic E-state index is 12.8. The van der Waals surface area contributed by atoms with Gasteiger partial charge in [0.25, 0.3) is 10.1 Å². The number of nitrogens with zero attached hydrogens (tertiary/aromatic N) is 2. The zero-order valence-electron chi connectivity index (χ0n) is 20.0. The molecule has 0 saturated heterocycles. The van der Waals surface area contributed by atoms with E-state index in [2.05, 4.69) is 16.9 Å². The van der Waals surface area contributed by atoms with Gasteiger partial charge in [-0.05, 0) is 54.2 Å². The number of hydrogen-bond donors (Lipinski definition) is 0. The summed E-state index contributed by atoms with van der Waals surface area (Å²) in [5, 5.41) is 4.24. The van der Waals surface area contributed by atoms with Gasteiger partial charge in [0.05, 0.1) is 34.5 Å². The molecule has 0 N–H and O–H groups in total. The van der Waals surface area contributed by atoms with Gasteiger partial charge in [-0.1, -0.05) is 50.8 Å². The van der Waals surface area contributed by atoms with Gasteiger partial charge in [-0.25, -0.2) is 0 Å². The third-order valence-electron chi connectivity index (χ3n) is 5.10. The average Bonchev–Trinajstić information content (AvgIpc) is 3.13. The molecule has 0 spiro atoms. The van der Waals surface area contributed by atoms with E-state index in [-0.39, 0.29) is 16.9 Å². The zero-order valence-corrected chi connectivity index (χ0v) is 20.8. The Labute approximate surface area is 204 Å². The number of halogens is 3. The largest absolute Gasteiger partial charge is 0.416 e. The second kappa shape index (κ2) is 10.3. The van der Waals surface area contributed by atoms with Gasteiger partial charge in [-0.2, -0.15) is 26.7 Å². The van der Waals surface area contributed by atoms with Crippen LogP contribution in [-0.2, 0) is 40.4 Å². The predicted octanol–water partition coefficient (Wildman–Crippen LogP) is 5.38. The molecule has 35 heavy (non-hydrogen) atoms. The van der Waals surface area contributed by atoms with Crippen LogP contribution in [0, 0.1) is 17.3 Å². The lowest BCUT2D eigenvalue weighted by molar-refractivity contribution is -0.137. The number of benzene rings is 2. The van der Waals surface area contributed by atoms with Crippen molar-refractivity contribution < 1.29 is 25.8 Å². The van der Waals surface area contributed by atoms with E-state index < -0.39 is 21.9 Å². The molecule has 1 heterocycles. The maximum atomic E-state index is 12.8. The van der Waals surface area contributed by atoms with Crippen molar-refractivity contribution in [2.75, 3.05) is 6.61 Å². The first-order valence-electron chi connectivity index (χ1n) is 10.9. The van der Waals surface area contributed by atoms with Crippen LogP contribution in [0.3, 0.4) is 0 Å². The van der Waals surface area contributed by atoms with Crippen molar-refractivity contribution in [1.82, 2.24) is 9.78 Å². The van der Waals surface area contributed by atoms with E-state index in [4.69, 9.17) is 4.18 Å². The SMILES string of the molecule is Cn1ncc(C#Cc2cccc(S(=O)(=O)OCC(C)(C)C)c2)c1CCc1ccc(C(F)(F)F)cc1. The van der Waals surface area contributed by atoms with E-state index in [0.29, 0.717) is 24.0 Å². The average molecular weight is 505 g/mol.